The van der Waals surface area contributed by atoms with Gasteiger partial charge in [-0.05, 0) is 32.8 Å². The van der Waals surface area contributed by atoms with Crippen molar-refractivity contribution in [1.82, 2.24) is 8.87 Å². The van der Waals surface area contributed by atoms with Crippen molar-refractivity contribution < 1.29 is 13.2 Å². The number of hydrogen-bond acceptors (Lipinski definition) is 3. The fourth-order valence-corrected chi connectivity index (χ4v) is 4.61. The van der Waals surface area contributed by atoms with Gasteiger partial charge in [-0.1, -0.05) is 0 Å². The fraction of sp³-hybridized carbons (Fsp3) is 0.714. The third kappa shape index (κ3) is 2.99. The monoisotopic (exact) mass is 332 g/mol. The first-order valence-corrected chi connectivity index (χ1v) is 9.22. The number of nitrogens with zero attached hydrogens (tertiary/aromatic N) is 2. The zero-order valence-electron chi connectivity index (χ0n) is 12.4. The molecule has 0 N–H and O–H groups in total. The second kappa shape index (κ2) is 5.26. The van der Waals surface area contributed by atoms with Crippen molar-refractivity contribution >= 4 is 21.6 Å². The third-order valence-electron chi connectivity index (χ3n) is 4.01. The molecule has 0 unspecified atom stereocenters. The van der Waals surface area contributed by atoms with Gasteiger partial charge in [-0.15, -0.1) is 11.6 Å². The molecule has 0 aromatic carbocycles. The predicted octanol–water partition coefficient (Wildman–Crippen LogP) is 2.36. The number of alkyl halides is 1. The molecule has 7 heteroatoms. The summed E-state index contributed by atoms with van der Waals surface area (Å²) in [7, 11) is -3.48. The van der Waals surface area contributed by atoms with Crippen LogP contribution in [-0.2, 0) is 20.6 Å². The number of morpholine rings is 1. The van der Waals surface area contributed by atoms with Crippen molar-refractivity contribution in [1.29, 1.82) is 0 Å². The van der Waals surface area contributed by atoms with E-state index in [-0.39, 0.29) is 0 Å². The van der Waals surface area contributed by atoms with E-state index in [0.29, 0.717) is 36.5 Å². The Morgan fingerprint density at radius 2 is 2.14 bits per heavy atom. The van der Waals surface area contributed by atoms with Crippen molar-refractivity contribution in [3.8, 4) is 0 Å². The molecule has 1 saturated carbocycles. The molecule has 0 radical (unpaired) electrons. The summed E-state index contributed by atoms with van der Waals surface area (Å²) in [4.78, 5) is 0.350. The van der Waals surface area contributed by atoms with Gasteiger partial charge in [0.15, 0.2) is 0 Å². The van der Waals surface area contributed by atoms with Crippen LogP contribution >= 0.6 is 11.6 Å². The van der Waals surface area contributed by atoms with Gasteiger partial charge in [-0.3, -0.25) is 0 Å². The molecule has 0 amide bonds. The van der Waals surface area contributed by atoms with Crippen LogP contribution in [-0.4, -0.2) is 42.6 Å². The smallest absolute Gasteiger partial charge is 0.244 e. The first-order valence-electron chi connectivity index (χ1n) is 7.24. The molecule has 118 valence electrons. The van der Waals surface area contributed by atoms with Crippen LogP contribution in [0.5, 0.6) is 0 Å². The van der Waals surface area contributed by atoms with E-state index < -0.39 is 15.6 Å². The standard InChI is InChI=1S/C14H21ClN2O3S/c1-14(2)10-16(5-6-20-14)21(18,19)13-7-12(8-15)17(9-13)11-3-4-11/h7,9,11H,3-6,8,10H2,1-2H3. The molecule has 0 bridgehead atoms. The summed E-state index contributed by atoms with van der Waals surface area (Å²) < 4.78 is 34.8. The second-order valence-corrected chi connectivity index (χ2v) is 8.59. The van der Waals surface area contributed by atoms with Gasteiger partial charge in [0.1, 0.15) is 4.90 Å². The SMILES string of the molecule is CC1(C)CN(S(=O)(=O)c2cc(CCl)n(C3CC3)c2)CCO1. The molecule has 0 atom stereocenters. The first kappa shape index (κ1) is 15.3. The van der Waals surface area contributed by atoms with Crippen molar-refractivity contribution in [3.63, 3.8) is 0 Å². The average Bonchev–Trinajstić information content (AvgIpc) is 3.16. The number of rotatable bonds is 4. The largest absolute Gasteiger partial charge is 0.373 e. The van der Waals surface area contributed by atoms with Gasteiger partial charge in [0.25, 0.3) is 0 Å². The van der Waals surface area contributed by atoms with E-state index in [1.165, 1.54) is 4.31 Å². The van der Waals surface area contributed by atoms with Gasteiger partial charge in [-0.2, -0.15) is 4.31 Å². The van der Waals surface area contributed by atoms with Crippen LogP contribution in [0.1, 0.15) is 38.4 Å². The van der Waals surface area contributed by atoms with Crippen LogP contribution in [0.3, 0.4) is 0 Å². The lowest BCUT2D eigenvalue weighted by molar-refractivity contribution is -0.0640. The molecule has 21 heavy (non-hydrogen) atoms. The fourth-order valence-electron chi connectivity index (χ4n) is 2.76. The molecule has 0 spiro atoms. The van der Waals surface area contributed by atoms with Crippen LogP contribution in [0.2, 0.25) is 0 Å². The average molecular weight is 333 g/mol. The Hall–Kier alpha value is -0.560. The summed E-state index contributed by atoms with van der Waals surface area (Å²) >= 11 is 5.95. The van der Waals surface area contributed by atoms with E-state index in [9.17, 15) is 8.42 Å². The Bertz CT molecular complexity index is 635. The van der Waals surface area contributed by atoms with E-state index in [2.05, 4.69) is 0 Å². The molecular weight excluding hydrogens is 312 g/mol. The molecule has 1 aromatic rings. The molecule has 2 heterocycles. The quantitative estimate of drug-likeness (QED) is 0.795. The lowest BCUT2D eigenvalue weighted by atomic mass is 10.1. The first-order chi connectivity index (χ1) is 9.83. The number of sulfonamides is 1. The minimum atomic E-state index is -3.48. The van der Waals surface area contributed by atoms with Crippen molar-refractivity contribution in [2.45, 2.75) is 49.1 Å². The molecule has 5 nitrogen and oxygen atoms in total. The zero-order chi connectivity index (χ0) is 15.3. The maximum atomic E-state index is 12.8. The summed E-state index contributed by atoms with van der Waals surface area (Å²) in [6.45, 7) is 5.02. The Labute approximate surface area is 130 Å². The summed E-state index contributed by atoms with van der Waals surface area (Å²) in [5.41, 5.74) is 0.435. The number of halogens is 1. The number of hydrogen-bond donors (Lipinski definition) is 0. The highest BCUT2D eigenvalue weighted by Crippen LogP contribution is 2.38. The number of aromatic nitrogens is 1. The molecule has 1 aromatic heterocycles. The Balaban J connectivity index is 1.91. The van der Waals surface area contributed by atoms with Crippen LogP contribution in [0.15, 0.2) is 17.2 Å². The van der Waals surface area contributed by atoms with Gasteiger partial charge < -0.3 is 9.30 Å². The summed E-state index contributed by atoms with van der Waals surface area (Å²) in [6.07, 6.45) is 3.94. The van der Waals surface area contributed by atoms with E-state index in [1.54, 1.807) is 12.3 Å². The topological polar surface area (TPSA) is 51.5 Å². The molecule has 1 aliphatic carbocycles. The van der Waals surface area contributed by atoms with Crippen molar-refractivity contribution in [2.75, 3.05) is 19.7 Å². The minimum absolute atomic E-state index is 0.334. The lowest BCUT2D eigenvalue weighted by Gasteiger charge is -2.37. The van der Waals surface area contributed by atoms with Gasteiger partial charge in [0.05, 0.1) is 18.1 Å². The van der Waals surface area contributed by atoms with Crippen LogP contribution in [0.4, 0.5) is 0 Å². The maximum Gasteiger partial charge on any atom is 0.244 e. The summed E-state index contributed by atoms with van der Waals surface area (Å²) in [5, 5.41) is 0. The summed E-state index contributed by atoms with van der Waals surface area (Å²) in [5.74, 6) is 0.334. The van der Waals surface area contributed by atoms with Crippen LogP contribution in [0.25, 0.3) is 0 Å². The second-order valence-electron chi connectivity index (χ2n) is 6.39. The molecule has 3 rings (SSSR count). The molecular formula is C14H21ClN2O3S. The third-order valence-corrected chi connectivity index (χ3v) is 6.10. The molecule has 2 fully saturated rings. The highest BCUT2D eigenvalue weighted by Gasteiger charge is 2.36. The van der Waals surface area contributed by atoms with E-state index in [0.717, 1.165) is 18.5 Å². The molecule has 1 aliphatic heterocycles. The van der Waals surface area contributed by atoms with Gasteiger partial charge >= 0.3 is 0 Å². The van der Waals surface area contributed by atoms with Crippen molar-refractivity contribution in [3.05, 3.63) is 18.0 Å². The highest BCUT2D eigenvalue weighted by atomic mass is 35.5. The Morgan fingerprint density at radius 1 is 1.43 bits per heavy atom. The van der Waals surface area contributed by atoms with Crippen LogP contribution in [0, 0.1) is 0 Å². The van der Waals surface area contributed by atoms with Gasteiger partial charge in [0.2, 0.25) is 10.0 Å². The van der Waals surface area contributed by atoms with Gasteiger partial charge in [-0.25, -0.2) is 8.42 Å². The lowest BCUT2D eigenvalue weighted by Crippen LogP contribution is -2.50. The van der Waals surface area contributed by atoms with E-state index >= 15 is 0 Å². The predicted molar refractivity (Wildman–Crippen MR) is 81.0 cm³/mol. The Morgan fingerprint density at radius 3 is 2.71 bits per heavy atom. The van der Waals surface area contributed by atoms with Gasteiger partial charge in [0, 0.05) is 31.0 Å². The summed E-state index contributed by atoms with van der Waals surface area (Å²) in [6, 6.07) is 2.13. The molecule has 2 aliphatic rings. The maximum absolute atomic E-state index is 12.8. The molecule has 1 saturated heterocycles. The minimum Gasteiger partial charge on any atom is -0.373 e. The Kier molecular flexibility index (Phi) is 3.84. The van der Waals surface area contributed by atoms with E-state index in [4.69, 9.17) is 16.3 Å². The highest BCUT2D eigenvalue weighted by molar-refractivity contribution is 7.89. The normalized spacial score (nSPS) is 23.4. The zero-order valence-corrected chi connectivity index (χ0v) is 14.0. The number of ether oxygens (including phenoxy) is 1. The van der Waals surface area contributed by atoms with Crippen LogP contribution < -0.4 is 0 Å². The van der Waals surface area contributed by atoms with Crippen molar-refractivity contribution in [2.24, 2.45) is 0 Å². The van der Waals surface area contributed by atoms with E-state index in [1.807, 2.05) is 18.4 Å².